The van der Waals surface area contributed by atoms with E-state index in [2.05, 4.69) is 34.1 Å². The zero-order chi connectivity index (χ0) is 28.7. The minimum Gasteiger partial charge on any atom is -0.497 e. The number of aromatic nitrogens is 2. The fourth-order valence-electron chi connectivity index (χ4n) is 5.58. The van der Waals surface area contributed by atoms with Crippen molar-refractivity contribution in [2.24, 2.45) is 4.99 Å². The first-order chi connectivity index (χ1) is 20.0. The lowest BCUT2D eigenvalue weighted by atomic mass is 9.68. The number of pyridine rings is 1. The van der Waals surface area contributed by atoms with Crippen LogP contribution in [0.4, 0.5) is 0 Å². The molecule has 0 amide bonds. The topological polar surface area (TPSA) is 94.3 Å². The molecule has 0 bridgehead atoms. The summed E-state index contributed by atoms with van der Waals surface area (Å²) in [6.07, 6.45) is 9.55. The van der Waals surface area contributed by atoms with Gasteiger partial charge in [-0.05, 0) is 54.3 Å². The molecule has 1 N–H and O–H groups in total. The van der Waals surface area contributed by atoms with Crippen LogP contribution in [0.5, 0.6) is 5.75 Å². The van der Waals surface area contributed by atoms with Gasteiger partial charge in [0.25, 0.3) is 0 Å². The summed E-state index contributed by atoms with van der Waals surface area (Å²) in [5.41, 5.74) is 2.72. The highest BCUT2D eigenvalue weighted by molar-refractivity contribution is 8.13. The van der Waals surface area contributed by atoms with Crippen molar-refractivity contribution in [3.63, 3.8) is 0 Å². The minimum atomic E-state index is -3.60. The molecular weight excluding hydrogens is 556 g/mol. The van der Waals surface area contributed by atoms with Gasteiger partial charge >= 0.3 is 0 Å². The Labute approximate surface area is 246 Å². The predicted octanol–water partition coefficient (Wildman–Crippen LogP) is 5.48. The summed E-state index contributed by atoms with van der Waals surface area (Å²) in [5, 5.41) is 1.02. The van der Waals surface area contributed by atoms with Gasteiger partial charge < -0.3 is 13.9 Å². The van der Waals surface area contributed by atoms with Crippen LogP contribution in [-0.4, -0.2) is 56.3 Å². The first kappa shape index (κ1) is 29.3. The summed E-state index contributed by atoms with van der Waals surface area (Å²) in [6, 6.07) is 20.7. The maximum Gasteiger partial charge on any atom is 0.240 e. The summed E-state index contributed by atoms with van der Waals surface area (Å²) in [5.74, 6) is 1.59. The summed E-state index contributed by atoms with van der Waals surface area (Å²) in [7, 11) is -0.0808. The van der Waals surface area contributed by atoms with Gasteiger partial charge in [0.1, 0.15) is 11.4 Å². The number of nitrogens with one attached hydrogen (secondary N) is 1. The second-order valence-corrected chi connectivity index (χ2v) is 12.8. The minimum absolute atomic E-state index is 0.166. The van der Waals surface area contributed by atoms with E-state index in [0.717, 1.165) is 53.4 Å². The van der Waals surface area contributed by atoms with E-state index in [4.69, 9.17) is 14.5 Å². The Morgan fingerprint density at radius 2 is 1.93 bits per heavy atom. The molecule has 2 unspecified atom stereocenters. The van der Waals surface area contributed by atoms with Crippen molar-refractivity contribution in [2.45, 2.75) is 47.9 Å². The van der Waals surface area contributed by atoms with Gasteiger partial charge in [-0.25, -0.2) is 18.1 Å². The Hall–Kier alpha value is -3.18. The number of methoxy groups -OCH3 is 1. The number of ether oxygens (including phenoxy) is 2. The van der Waals surface area contributed by atoms with E-state index in [9.17, 15) is 8.42 Å². The molecule has 0 spiro atoms. The van der Waals surface area contributed by atoms with E-state index >= 15 is 0 Å². The molecule has 1 aliphatic carbocycles. The van der Waals surface area contributed by atoms with Crippen molar-refractivity contribution in [2.75, 3.05) is 27.3 Å². The molecule has 1 aliphatic rings. The van der Waals surface area contributed by atoms with Crippen molar-refractivity contribution >= 4 is 32.5 Å². The Balaban J connectivity index is 1.40. The molecule has 0 aliphatic heterocycles. The fourth-order valence-corrected chi connectivity index (χ4v) is 7.84. The quantitative estimate of drug-likeness (QED) is 0.141. The van der Waals surface area contributed by atoms with Crippen LogP contribution in [0, 0.1) is 0 Å². The van der Waals surface area contributed by atoms with Gasteiger partial charge in [-0.1, -0.05) is 49.2 Å². The highest BCUT2D eigenvalue weighted by Gasteiger charge is 2.47. The van der Waals surface area contributed by atoms with E-state index in [1.54, 1.807) is 55.4 Å². The Morgan fingerprint density at radius 1 is 1.12 bits per heavy atom. The van der Waals surface area contributed by atoms with E-state index in [-0.39, 0.29) is 24.2 Å². The van der Waals surface area contributed by atoms with Crippen LogP contribution in [-0.2, 0) is 25.9 Å². The van der Waals surface area contributed by atoms with Gasteiger partial charge in [0.05, 0.1) is 35.2 Å². The predicted molar refractivity (Wildman–Crippen MR) is 164 cm³/mol. The summed E-state index contributed by atoms with van der Waals surface area (Å²) in [6.45, 7) is 0.438. The molecule has 41 heavy (non-hydrogen) atoms. The van der Waals surface area contributed by atoms with Gasteiger partial charge in [0.2, 0.25) is 10.0 Å². The molecule has 0 radical (unpaired) electrons. The number of rotatable bonds is 11. The van der Waals surface area contributed by atoms with Crippen LogP contribution in [0.1, 0.15) is 36.8 Å². The van der Waals surface area contributed by atoms with Gasteiger partial charge in [0.15, 0.2) is 0 Å². The van der Waals surface area contributed by atoms with Crippen LogP contribution in [0.2, 0.25) is 0 Å². The molecular formula is C31H36N4O4S2. The number of sulfonamides is 1. The number of nitrogens with zero attached hydrogens (tertiary/aromatic N) is 3. The number of thioether (sulfide) groups is 1. The third-order valence-electron chi connectivity index (χ3n) is 7.63. The van der Waals surface area contributed by atoms with Crippen molar-refractivity contribution in [1.29, 1.82) is 0 Å². The number of hydrogen-bond acceptors (Lipinski definition) is 7. The molecule has 10 heteroatoms. The lowest BCUT2D eigenvalue weighted by Gasteiger charge is -2.45. The average Bonchev–Trinajstić information content (AvgIpc) is 3.49. The highest BCUT2D eigenvalue weighted by atomic mass is 32.2. The molecule has 216 valence electrons. The van der Waals surface area contributed by atoms with Crippen LogP contribution in [0.3, 0.4) is 0 Å². The van der Waals surface area contributed by atoms with Crippen LogP contribution >= 0.6 is 11.8 Å². The van der Waals surface area contributed by atoms with Crippen molar-refractivity contribution in [1.82, 2.24) is 14.1 Å². The van der Waals surface area contributed by atoms with Crippen molar-refractivity contribution < 1.29 is 17.9 Å². The molecule has 1 fully saturated rings. The van der Waals surface area contributed by atoms with Gasteiger partial charge in [-0.2, -0.15) is 0 Å². The lowest BCUT2D eigenvalue weighted by molar-refractivity contribution is -0.00166. The third-order valence-corrected chi connectivity index (χ3v) is 10.4. The molecule has 2 aromatic heterocycles. The zero-order valence-corrected chi connectivity index (χ0v) is 25.0. The van der Waals surface area contributed by atoms with Crippen LogP contribution in [0.15, 0.2) is 95.2 Å². The molecule has 1 saturated carbocycles. The van der Waals surface area contributed by atoms with Gasteiger partial charge in [-0.3, -0.25) is 4.99 Å². The highest BCUT2D eigenvalue weighted by Crippen LogP contribution is 2.46. The Kier molecular flexibility index (Phi) is 9.44. The maximum atomic E-state index is 12.7. The third kappa shape index (κ3) is 6.51. The number of fused-ring (bicyclic) bond motifs is 1. The van der Waals surface area contributed by atoms with Crippen LogP contribution in [0.25, 0.3) is 5.65 Å². The fraction of sp³-hybridized carbons (Fsp3) is 0.355. The van der Waals surface area contributed by atoms with Gasteiger partial charge in [-0.15, -0.1) is 11.8 Å². The van der Waals surface area contributed by atoms with Crippen molar-refractivity contribution in [3.8, 4) is 5.75 Å². The molecule has 2 heterocycles. The van der Waals surface area contributed by atoms with E-state index in [1.807, 2.05) is 35.8 Å². The van der Waals surface area contributed by atoms with E-state index < -0.39 is 15.4 Å². The number of imidazole rings is 1. The standard InChI is InChI=1S/C31H36N4O4S2/c1-32-30(40-23-24-11-14-26(38-2)15-12-24)31(25-13-16-29-33-18-20-35(29)22-25)17-7-6-10-28(31)39-21-19-34-41(36,37)27-8-4-3-5-9-27/h3-5,8-9,11-16,18,20,22,28,34H,6-7,10,17,19,21,23H2,1-2H3/b32-30+. The molecule has 8 nitrogen and oxygen atoms in total. The summed E-state index contributed by atoms with van der Waals surface area (Å²) >= 11 is 1.73. The lowest BCUT2D eigenvalue weighted by Crippen LogP contribution is -2.50. The van der Waals surface area contributed by atoms with Crippen molar-refractivity contribution in [3.05, 3.63) is 96.4 Å². The number of hydrogen-bond donors (Lipinski definition) is 1. The largest absolute Gasteiger partial charge is 0.497 e. The SMILES string of the molecule is C/N=C(/SCc1ccc(OC)cc1)C1(c2ccc3nccn3c2)CCCCC1OCCNS(=O)(=O)c1ccccc1. The van der Waals surface area contributed by atoms with E-state index in [0.29, 0.717) is 0 Å². The summed E-state index contributed by atoms with van der Waals surface area (Å²) in [4.78, 5) is 9.55. The normalized spacial score (nSPS) is 19.9. The number of aliphatic imine (C=N–C) groups is 1. The molecule has 2 atom stereocenters. The maximum absolute atomic E-state index is 12.7. The number of benzene rings is 2. The zero-order valence-electron chi connectivity index (χ0n) is 23.4. The van der Waals surface area contributed by atoms with Crippen LogP contribution < -0.4 is 9.46 Å². The molecule has 2 aromatic carbocycles. The monoisotopic (exact) mass is 592 g/mol. The van der Waals surface area contributed by atoms with E-state index in [1.165, 1.54) is 5.56 Å². The second kappa shape index (κ2) is 13.2. The molecule has 5 rings (SSSR count). The summed E-state index contributed by atoms with van der Waals surface area (Å²) < 4.78 is 42.1. The van der Waals surface area contributed by atoms with Gasteiger partial charge in [0, 0.05) is 37.9 Å². The average molecular weight is 593 g/mol. The Bertz CT molecular complexity index is 1570. The second-order valence-electron chi connectivity index (χ2n) is 10.1. The smallest absolute Gasteiger partial charge is 0.240 e. The molecule has 4 aromatic rings. The molecule has 0 saturated heterocycles. The first-order valence-electron chi connectivity index (χ1n) is 13.8. The first-order valence-corrected chi connectivity index (χ1v) is 16.3. The Morgan fingerprint density at radius 3 is 2.68 bits per heavy atom.